The van der Waals surface area contributed by atoms with Crippen molar-refractivity contribution in [1.82, 2.24) is 0 Å². The molecular weight excluding hydrogens is 240 g/mol. The fraction of sp³-hybridized carbons (Fsp3) is 0.900. The van der Waals surface area contributed by atoms with Crippen LogP contribution in [0.5, 0.6) is 0 Å². The summed E-state index contributed by atoms with van der Waals surface area (Å²) < 4.78 is 0. The van der Waals surface area contributed by atoms with Gasteiger partial charge in [-0.25, -0.2) is 0 Å². The molecule has 0 saturated heterocycles. The number of hydrogen-bond donors (Lipinski definition) is 0. The van der Waals surface area contributed by atoms with E-state index < -0.39 is 0 Å². The molecule has 4 rings (SSSR count). The van der Waals surface area contributed by atoms with Crippen LogP contribution in [0.15, 0.2) is 11.6 Å². The van der Waals surface area contributed by atoms with Crippen LogP contribution in [0.1, 0.15) is 78.6 Å². The molecule has 0 bridgehead atoms. The van der Waals surface area contributed by atoms with Crippen molar-refractivity contribution in [3.8, 4) is 0 Å². The minimum Gasteiger partial charge on any atom is -0.0853 e. The highest BCUT2D eigenvalue weighted by Gasteiger charge is 2.57. The molecule has 6 atom stereocenters. The van der Waals surface area contributed by atoms with Crippen molar-refractivity contribution >= 4 is 0 Å². The first-order valence-electron chi connectivity index (χ1n) is 9.21. The molecule has 20 heavy (non-hydrogen) atoms. The average Bonchev–Trinajstić information content (AvgIpc) is 2.80. The van der Waals surface area contributed by atoms with Gasteiger partial charge in [0.2, 0.25) is 0 Å². The molecule has 0 radical (unpaired) electrons. The highest BCUT2D eigenvalue weighted by Crippen LogP contribution is 2.66. The standard InChI is InChI=1S/C20H32/c1-14-6-4-12-20(3)16(14)9-8-15-17-7-5-11-19(17,2)13-10-18(15)20/h6,15-18H,4-5,7-13H2,1-3H3/t15-,16?,17-,18-,19-,20-/m0/s1. The normalized spacial score (nSPS) is 54.6. The maximum atomic E-state index is 2.67. The van der Waals surface area contributed by atoms with Gasteiger partial charge in [-0.15, -0.1) is 0 Å². The zero-order chi connectivity index (χ0) is 14.0. The zero-order valence-corrected chi connectivity index (χ0v) is 13.8. The Balaban J connectivity index is 1.68. The summed E-state index contributed by atoms with van der Waals surface area (Å²) in [6.45, 7) is 7.72. The third-order valence-electron chi connectivity index (χ3n) is 8.35. The van der Waals surface area contributed by atoms with Crippen LogP contribution in [0.4, 0.5) is 0 Å². The second kappa shape index (κ2) is 4.37. The van der Waals surface area contributed by atoms with E-state index in [1.165, 1.54) is 51.4 Å². The summed E-state index contributed by atoms with van der Waals surface area (Å²) in [5, 5.41) is 0. The monoisotopic (exact) mass is 272 g/mol. The number of fused-ring (bicyclic) bond motifs is 5. The van der Waals surface area contributed by atoms with Gasteiger partial charge >= 0.3 is 0 Å². The van der Waals surface area contributed by atoms with Crippen molar-refractivity contribution in [2.45, 2.75) is 78.6 Å². The van der Waals surface area contributed by atoms with Crippen LogP contribution in [-0.2, 0) is 0 Å². The summed E-state index contributed by atoms with van der Waals surface area (Å²) in [7, 11) is 0. The van der Waals surface area contributed by atoms with Crippen molar-refractivity contribution < 1.29 is 0 Å². The molecule has 0 nitrogen and oxygen atoms in total. The van der Waals surface area contributed by atoms with E-state index in [-0.39, 0.29) is 0 Å². The molecule has 4 aliphatic carbocycles. The molecule has 1 unspecified atom stereocenters. The second-order valence-corrected chi connectivity index (χ2v) is 9.08. The molecule has 0 aromatic carbocycles. The van der Waals surface area contributed by atoms with E-state index in [2.05, 4.69) is 26.8 Å². The molecule has 0 heterocycles. The minimum atomic E-state index is 0.645. The average molecular weight is 272 g/mol. The molecule has 0 aliphatic heterocycles. The zero-order valence-electron chi connectivity index (χ0n) is 13.8. The Hall–Kier alpha value is -0.260. The van der Waals surface area contributed by atoms with Gasteiger partial charge < -0.3 is 0 Å². The predicted octanol–water partition coefficient (Wildman–Crippen LogP) is 5.98. The van der Waals surface area contributed by atoms with Crippen LogP contribution >= 0.6 is 0 Å². The summed E-state index contributed by atoms with van der Waals surface area (Å²) in [5.74, 6) is 4.11. The molecule has 0 amide bonds. The van der Waals surface area contributed by atoms with Crippen LogP contribution in [0.2, 0.25) is 0 Å². The predicted molar refractivity (Wildman–Crippen MR) is 85.5 cm³/mol. The van der Waals surface area contributed by atoms with Crippen LogP contribution in [0.25, 0.3) is 0 Å². The van der Waals surface area contributed by atoms with E-state index in [4.69, 9.17) is 0 Å². The molecule has 0 heteroatoms. The fourth-order valence-electron chi connectivity index (χ4n) is 7.31. The van der Waals surface area contributed by atoms with Gasteiger partial charge in [0.15, 0.2) is 0 Å². The van der Waals surface area contributed by atoms with Gasteiger partial charge in [-0.3, -0.25) is 0 Å². The Labute approximate surface area is 125 Å². The summed E-state index contributed by atoms with van der Waals surface area (Å²) >= 11 is 0. The lowest BCUT2D eigenvalue weighted by Crippen LogP contribution is -2.51. The van der Waals surface area contributed by atoms with Crippen molar-refractivity contribution in [2.75, 3.05) is 0 Å². The van der Waals surface area contributed by atoms with Gasteiger partial charge in [0.1, 0.15) is 0 Å². The summed E-state index contributed by atoms with van der Waals surface area (Å²) in [6, 6.07) is 0. The third-order valence-corrected chi connectivity index (χ3v) is 8.35. The Bertz CT molecular complexity index is 433. The maximum absolute atomic E-state index is 2.67. The molecule has 0 spiro atoms. The Morgan fingerprint density at radius 3 is 2.65 bits per heavy atom. The van der Waals surface area contributed by atoms with Crippen LogP contribution in [0.3, 0.4) is 0 Å². The third kappa shape index (κ3) is 1.66. The van der Waals surface area contributed by atoms with Gasteiger partial charge in [0.05, 0.1) is 0 Å². The highest BCUT2D eigenvalue weighted by atomic mass is 14.6. The van der Waals surface area contributed by atoms with E-state index in [9.17, 15) is 0 Å². The van der Waals surface area contributed by atoms with Gasteiger partial charge in [-0.1, -0.05) is 31.9 Å². The van der Waals surface area contributed by atoms with Crippen LogP contribution in [0, 0.1) is 34.5 Å². The molecule has 112 valence electrons. The lowest BCUT2D eigenvalue weighted by Gasteiger charge is -2.59. The van der Waals surface area contributed by atoms with Gasteiger partial charge in [-0.05, 0) is 92.8 Å². The van der Waals surface area contributed by atoms with E-state index in [0.717, 1.165) is 29.1 Å². The van der Waals surface area contributed by atoms with E-state index in [1.54, 1.807) is 12.0 Å². The number of allylic oxidation sites excluding steroid dienone is 2. The van der Waals surface area contributed by atoms with Crippen molar-refractivity contribution in [1.29, 1.82) is 0 Å². The quantitative estimate of drug-likeness (QED) is 0.476. The molecule has 3 saturated carbocycles. The minimum absolute atomic E-state index is 0.645. The summed E-state index contributed by atoms with van der Waals surface area (Å²) in [4.78, 5) is 0. The maximum Gasteiger partial charge on any atom is -0.0149 e. The first-order valence-corrected chi connectivity index (χ1v) is 9.21. The van der Waals surface area contributed by atoms with Gasteiger partial charge in [0.25, 0.3) is 0 Å². The first-order chi connectivity index (χ1) is 9.55. The lowest BCUT2D eigenvalue weighted by atomic mass is 9.45. The first kappa shape index (κ1) is 13.4. The molecule has 3 fully saturated rings. The van der Waals surface area contributed by atoms with Crippen molar-refractivity contribution in [3.63, 3.8) is 0 Å². The van der Waals surface area contributed by atoms with E-state index >= 15 is 0 Å². The summed E-state index contributed by atoms with van der Waals surface area (Å²) in [6.07, 6.45) is 16.1. The topological polar surface area (TPSA) is 0 Å². The summed E-state index contributed by atoms with van der Waals surface area (Å²) in [5.41, 5.74) is 3.10. The molecular formula is C20H32. The van der Waals surface area contributed by atoms with Gasteiger partial charge in [-0.2, -0.15) is 0 Å². The fourth-order valence-corrected chi connectivity index (χ4v) is 7.31. The van der Waals surface area contributed by atoms with Crippen LogP contribution in [-0.4, -0.2) is 0 Å². The molecule has 0 N–H and O–H groups in total. The Kier molecular flexibility index (Phi) is 2.93. The van der Waals surface area contributed by atoms with E-state index in [0.29, 0.717) is 5.41 Å². The number of hydrogen-bond acceptors (Lipinski definition) is 0. The molecule has 4 aliphatic rings. The van der Waals surface area contributed by atoms with Crippen molar-refractivity contribution in [2.24, 2.45) is 34.5 Å². The molecule has 0 aromatic rings. The van der Waals surface area contributed by atoms with Crippen LogP contribution < -0.4 is 0 Å². The SMILES string of the molecule is CC1=CCC[C@@]2(C)C1CC[C@H]1[C@@H]3CCC[C@@]3(C)CC[C@@H]12. The Morgan fingerprint density at radius 1 is 0.950 bits per heavy atom. The lowest BCUT2D eigenvalue weighted by molar-refractivity contribution is -0.0838. The second-order valence-electron chi connectivity index (χ2n) is 9.08. The number of rotatable bonds is 0. The van der Waals surface area contributed by atoms with E-state index in [1.807, 2.05) is 0 Å². The smallest absolute Gasteiger partial charge is 0.0149 e. The Morgan fingerprint density at radius 2 is 1.80 bits per heavy atom. The molecule has 0 aromatic heterocycles. The van der Waals surface area contributed by atoms with Crippen molar-refractivity contribution in [3.05, 3.63) is 11.6 Å². The highest BCUT2D eigenvalue weighted by molar-refractivity contribution is 5.18. The van der Waals surface area contributed by atoms with Gasteiger partial charge in [0, 0.05) is 0 Å². The largest absolute Gasteiger partial charge is 0.0853 e.